The van der Waals surface area contributed by atoms with Gasteiger partial charge in [-0.05, 0) is 43.0 Å². The van der Waals surface area contributed by atoms with Gasteiger partial charge in [0.2, 0.25) is 5.91 Å². The van der Waals surface area contributed by atoms with Crippen molar-refractivity contribution in [1.82, 2.24) is 10.2 Å². The van der Waals surface area contributed by atoms with Crippen LogP contribution in [-0.4, -0.2) is 36.5 Å². The number of hydrogen-bond donors (Lipinski definition) is 1. The number of carbonyl (C=O) groups is 1. The van der Waals surface area contributed by atoms with Gasteiger partial charge in [-0.15, -0.1) is 0 Å². The van der Waals surface area contributed by atoms with Gasteiger partial charge in [0, 0.05) is 26.1 Å². The molecule has 1 heterocycles. The summed E-state index contributed by atoms with van der Waals surface area (Å²) in [6, 6.07) is 7.01. The lowest BCUT2D eigenvalue weighted by molar-refractivity contribution is -0.120. The first-order valence-electron chi connectivity index (χ1n) is 7.29. The number of amides is 1. The lowest BCUT2D eigenvalue weighted by Gasteiger charge is -2.34. The van der Waals surface area contributed by atoms with Crippen LogP contribution in [0.5, 0.6) is 0 Å². The zero-order valence-corrected chi connectivity index (χ0v) is 12.2. The number of piperidine rings is 1. The van der Waals surface area contributed by atoms with E-state index < -0.39 is 0 Å². The smallest absolute Gasteiger partial charge is 0.217 e. The number of likely N-dealkylation sites (tertiary alicyclic amines) is 1. The van der Waals surface area contributed by atoms with Crippen molar-refractivity contribution in [1.29, 1.82) is 0 Å². The second-order valence-corrected chi connectivity index (χ2v) is 5.75. The third kappa shape index (κ3) is 4.30. The predicted molar refractivity (Wildman–Crippen MR) is 78.1 cm³/mol. The number of carbonyl (C=O) groups excluding carboxylic acids is 1. The van der Waals surface area contributed by atoms with Crippen LogP contribution in [0.2, 0.25) is 0 Å². The van der Waals surface area contributed by atoms with Crippen molar-refractivity contribution in [2.75, 3.05) is 19.6 Å². The van der Waals surface area contributed by atoms with E-state index in [0.717, 1.165) is 38.0 Å². The zero-order chi connectivity index (χ0) is 14.5. The summed E-state index contributed by atoms with van der Waals surface area (Å²) in [7, 11) is 0. The van der Waals surface area contributed by atoms with Crippen LogP contribution in [0.3, 0.4) is 0 Å². The molecule has 110 valence electrons. The van der Waals surface area contributed by atoms with Gasteiger partial charge in [-0.25, -0.2) is 4.39 Å². The van der Waals surface area contributed by atoms with Gasteiger partial charge in [0.05, 0.1) is 0 Å². The number of halogens is 1. The summed E-state index contributed by atoms with van der Waals surface area (Å²) >= 11 is 0. The van der Waals surface area contributed by atoms with E-state index in [0.29, 0.717) is 5.92 Å². The summed E-state index contributed by atoms with van der Waals surface area (Å²) in [5.41, 5.74) is 1.16. The number of benzene rings is 1. The summed E-state index contributed by atoms with van der Waals surface area (Å²) in [5.74, 6) is 0.222. The minimum Gasteiger partial charge on any atom is -0.352 e. The van der Waals surface area contributed by atoms with E-state index in [2.05, 4.69) is 17.1 Å². The molecule has 1 amide bonds. The van der Waals surface area contributed by atoms with Crippen LogP contribution in [0, 0.1) is 5.82 Å². The molecule has 1 aromatic rings. The fourth-order valence-corrected chi connectivity index (χ4v) is 2.91. The standard InChI is InChI=1S/C16H23FN2O/c1-12(14-5-7-15(17)8-6-14)10-19-9-3-4-16(11-19)18-13(2)20/h5-8,12,16H,3-4,9-11H2,1-2H3,(H,18,20)/t12-,16+/m1/s1. The third-order valence-electron chi connectivity index (χ3n) is 3.88. The lowest BCUT2D eigenvalue weighted by Crippen LogP contribution is -2.47. The normalized spacial score (nSPS) is 21.4. The van der Waals surface area contributed by atoms with Crippen LogP contribution in [0.25, 0.3) is 0 Å². The molecule has 2 rings (SSSR count). The van der Waals surface area contributed by atoms with Crippen LogP contribution in [-0.2, 0) is 4.79 Å². The first-order chi connectivity index (χ1) is 9.54. The molecule has 1 saturated heterocycles. The van der Waals surface area contributed by atoms with E-state index in [4.69, 9.17) is 0 Å². The van der Waals surface area contributed by atoms with E-state index in [-0.39, 0.29) is 17.8 Å². The molecule has 0 aliphatic carbocycles. The summed E-state index contributed by atoms with van der Waals surface area (Å²) in [4.78, 5) is 13.5. The molecule has 4 heteroatoms. The molecule has 1 fully saturated rings. The lowest BCUT2D eigenvalue weighted by atomic mass is 9.98. The second kappa shape index (κ2) is 6.84. The van der Waals surface area contributed by atoms with Crippen LogP contribution in [0.15, 0.2) is 24.3 Å². The number of nitrogens with one attached hydrogen (secondary N) is 1. The summed E-state index contributed by atoms with van der Waals surface area (Å²) < 4.78 is 12.9. The van der Waals surface area contributed by atoms with Crippen molar-refractivity contribution in [3.63, 3.8) is 0 Å². The Kier molecular flexibility index (Phi) is 5.12. The molecule has 1 aromatic carbocycles. The average Bonchev–Trinajstić information content (AvgIpc) is 2.39. The number of hydrogen-bond acceptors (Lipinski definition) is 2. The molecule has 0 bridgehead atoms. The molecule has 0 saturated carbocycles. The van der Waals surface area contributed by atoms with Gasteiger partial charge < -0.3 is 10.2 Å². The van der Waals surface area contributed by atoms with Crippen molar-refractivity contribution in [2.24, 2.45) is 0 Å². The largest absolute Gasteiger partial charge is 0.352 e. The molecule has 1 aliphatic rings. The first kappa shape index (κ1) is 15.0. The van der Waals surface area contributed by atoms with Crippen molar-refractivity contribution >= 4 is 5.91 Å². The summed E-state index contributed by atoms with van der Waals surface area (Å²) in [5, 5.41) is 3.00. The zero-order valence-electron chi connectivity index (χ0n) is 12.2. The Morgan fingerprint density at radius 2 is 2.15 bits per heavy atom. The van der Waals surface area contributed by atoms with Crippen molar-refractivity contribution < 1.29 is 9.18 Å². The SMILES string of the molecule is CC(=O)N[C@H]1CCCN(C[C@@H](C)c2ccc(F)cc2)C1. The van der Waals surface area contributed by atoms with E-state index in [1.54, 1.807) is 6.92 Å². The van der Waals surface area contributed by atoms with Gasteiger partial charge in [-0.3, -0.25) is 4.79 Å². The van der Waals surface area contributed by atoms with E-state index in [1.165, 1.54) is 12.1 Å². The quantitative estimate of drug-likeness (QED) is 0.918. The minimum absolute atomic E-state index is 0.0448. The Morgan fingerprint density at radius 3 is 2.80 bits per heavy atom. The highest BCUT2D eigenvalue weighted by Crippen LogP contribution is 2.19. The molecule has 1 N–H and O–H groups in total. The maximum Gasteiger partial charge on any atom is 0.217 e. The molecule has 0 radical (unpaired) electrons. The van der Waals surface area contributed by atoms with Crippen molar-refractivity contribution in [3.8, 4) is 0 Å². The topological polar surface area (TPSA) is 32.3 Å². The maximum atomic E-state index is 12.9. The fraction of sp³-hybridized carbons (Fsp3) is 0.562. The highest BCUT2D eigenvalue weighted by atomic mass is 19.1. The molecule has 0 spiro atoms. The minimum atomic E-state index is -0.190. The van der Waals surface area contributed by atoms with Crippen LogP contribution < -0.4 is 5.32 Å². The van der Waals surface area contributed by atoms with E-state index in [1.807, 2.05) is 12.1 Å². The predicted octanol–water partition coefficient (Wildman–Crippen LogP) is 2.53. The Hall–Kier alpha value is -1.42. The Bertz CT molecular complexity index is 446. The first-order valence-corrected chi connectivity index (χ1v) is 7.29. The summed E-state index contributed by atoms with van der Waals surface area (Å²) in [6.45, 7) is 6.66. The van der Waals surface area contributed by atoms with Crippen molar-refractivity contribution in [3.05, 3.63) is 35.6 Å². The van der Waals surface area contributed by atoms with Gasteiger partial charge in [0.1, 0.15) is 5.82 Å². The molecule has 0 unspecified atom stereocenters. The molecule has 0 aromatic heterocycles. The maximum absolute atomic E-state index is 12.9. The van der Waals surface area contributed by atoms with Gasteiger partial charge in [-0.2, -0.15) is 0 Å². The van der Waals surface area contributed by atoms with E-state index in [9.17, 15) is 9.18 Å². The molecule has 2 atom stereocenters. The summed E-state index contributed by atoms with van der Waals surface area (Å²) in [6.07, 6.45) is 2.17. The monoisotopic (exact) mass is 278 g/mol. The van der Waals surface area contributed by atoms with Crippen LogP contribution >= 0.6 is 0 Å². The van der Waals surface area contributed by atoms with Crippen molar-refractivity contribution in [2.45, 2.75) is 38.6 Å². The second-order valence-electron chi connectivity index (χ2n) is 5.75. The average molecular weight is 278 g/mol. The van der Waals surface area contributed by atoms with E-state index >= 15 is 0 Å². The van der Waals surface area contributed by atoms with Gasteiger partial charge in [0.25, 0.3) is 0 Å². The highest BCUT2D eigenvalue weighted by molar-refractivity contribution is 5.73. The Morgan fingerprint density at radius 1 is 1.45 bits per heavy atom. The van der Waals surface area contributed by atoms with Gasteiger partial charge >= 0.3 is 0 Å². The van der Waals surface area contributed by atoms with Gasteiger partial charge in [0.15, 0.2) is 0 Å². The van der Waals surface area contributed by atoms with Crippen LogP contribution in [0.1, 0.15) is 38.2 Å². The molecular formula is C16H23FN2O. The Labute approximate surface area is 120 Å². The highest BCUT2D eigenvalue weighted by Gasteiger charge is 2.21. The molecular weight excluding hydrogens is 255 g/mol. The molecule has 1 aliphatic heterocycles. The molecule has 20 heavy (non-hydrogen) atoms. The van der Waals surface area contributed by atoms with Gasteiger partial charge in [-0.1, -0.05) is 19.1 Å². The third-order valence-corrected chi connectivity index (χ3v) is 3.88. The Balaban J connectivity index is 1.88. The number of rotatable bonds is 4. The molecule has 3 nitrogen and oxygen atoms in total. The van der Waals surface area contributed by atoms with Crippen LogP contribution in [0.4, 0.5) is 4.39 Å². The fourth-order valence-electron chi connectivity index (χ4n) is 2.91. The number of nitrogens with zero attached hydrogens (tertiary/aromatic N) is 1.